The van der Waals surface area contributed by atoms with Crippen molar-refractivity contribution >= 4 is 18.7 Å². The van der Waals surface area contributed by atoms with Crippen molar-refractivity contribution in [2.45, 2.75) is 77.1 Å². The summed E-state index contributed by atoms with van der Waals surface area (Å²) in [6.07, 6.45) is 0.940. The smallest absolute Gasteiger partial charge is 0.444 e. The Morgan fingerprint density at radius 1 is 1.11 bits per heavy atom. The van der Waals surface area contributed by atoms with Crippen LogP contribution in [0.4, 0.5) is 4.79 Å². The van der Waals surface area contributed by atoms with Gasteiger partial charge in [-0.25, -0.2) is 4.79 Å². The van der Waals surface area contributed by atoms with Crippen LogP contribution in [0.2, 0.25) is 0 Å². The number of rotatable bonds is 2. The molecule has 6 heteroatoms. The second kappa shape index (κ2) is 5.99. The molecule has 3 aliphatic rings. The topological polar surface area (TPSA) is 48.0 Å². The fraction of sp³-hybridized carbons (Fsp3) is 0.682. The summed E-state index contributed by atoms with van der Waals surface area (Å²) >= 11 is 0. The Hall–Kier alpha value is -1.53. The second-order valence-corrected chi connectivity index (χ2v) is 10.6. The van der Waals surface area contributed by atoms with Gasteiger partial charge in [0, 0.05) is 18.5 Å². The summed E-state index contributed by atoms with van der Waals surface area (Å²) in [5.41, 5.74) is 1.29. The van der Waals surface area contributed by atoms with Crippen LogP contribution in [0.5, 0.6) is 0 Å². The molecule has 2 aliphatic heterocycles. The molecule has 2 heterocycles. The third-order valence-electron chi connectivity index (χ3n) is 6.81. The van der Waals surface area contributed by atoms with Crippen LogP contribution in [0.3, 0.4) is 0 Å². The summed E-state index contributed by atoms with van der Waals surface area (Å²) in [5, 5.41) is 0. The first-order valence-corrected chi connectivity index (χ1v) is 10.3. The zero-order chi connectivity index (χ0) is 20.5. The lowest BCUT2D eigenvalue weighted by atomic mass is 9.78. The van der Waals surface area contributed by atoms with Gasteiger partial charge in [-0.1, -0.05) is 24.3 Å². The number of carbonyl (C=O) groups is 1. The molecule has 0 aromatic heterocycles. The molecule has 0 N–H and O–H groups in total. The van der Waals surface area contributed by atoms with E-state index in [-0.39, 0.29) is 29.8 Å². The summed E-state index contributed by atoms with van der Waals surface area (Å²) in [4.78, 5) is 14.3. The van der Waals surface area contributed by atoms with Gasteiger partial charge < -0.3 is 18.9 Å². The first kappa shape index (κ1) is 19.8. The number of benzene rings is 1. The normalized spacial score (nSPS) is 30.3. The molecule has 2 atom stereocenters. The van der Waals surface area contributed by atoms with Crippen LogP contribution >= 0.6 is 0 Å². The molecule has 5 nitrogen and oxygen atoms in total. The number of likely N-dealkylation sites (tertiary alicyclic amines) is 1. The highest BCUT2D eigenvalue weighted by Crippen LogP contribution is 2.59. The summed E-state index contributed by atoms with van der Waals surface area (Å²) < 4.78 is 17.9. The number of carbonyl (C=O) groups excluding carboxylic acids is 1. The van der Waals surface area contributed by atoms with Crippen molar-refractivity contribution in [2.24, 2.45) is 5.92 Å². The molecule has 3 fully saturated rings. The first-order valence-electron chi connectivity index (χ1n) is 10.3. The van der Waals surface area contributed by atoms with Gasteiger partial charge in [0.15, 0.2) is 0 Å². The molecule has 1 amide bonds. The van der Waals surface area contributed by atoms with Gasteiger partial charge in [0.05, 0.1) is 11.2 Å². The fourth-order valence-corrected chi connectivity index (χ4v) is 4.35. The van der Waals surface area contributed by atoms with E-state index in [0.29, 0.717) is 5.92 Å². The Morgan fingerprint density at radius 3 is 2.21 bits per heavy atom. The number of amides is 1. The van der Waals surface area contributed by atoms with Crippen LogP contribution < -0.4 is 5.46 Å². The molecule has 0 bridgehead atoms. The zero-order valence-electron chi connectivity index (χ0n) is 18.2. The molecule has 0 spiro atoms. The van der Waals surface area contributed by atoms with E-state index in [0.717, 1.165) is 25.0 Å². The van der Waals surface area contributed by atoms with Crippen molar-refractivity contribution in [3.63, 3.8) is 0 Å². The van der Waals surface area contributed by atoms with E-state index in [2.05, 4.69) is 52.0 Å². The van der Waals surface area contributed by atoms with Gasteiger partial charge in [-0.3, -0.25) is 0 Å². The van der Waals surface area contributed by atoms with Crippen LogP contribution in [0.1, 0.15) is 60.5 Å². The van der Waals surface area contributed by atoms with E-state index in [1.165, 1.54) is 5.56 Å². The van der Waals surface area contributed by atoms with E-state index in [1.807, 2.05) is 25.7 Å². The third-order valence-corrected chi connectivity index (χ3v) is 6.81. The summed E-state index contributed by atoms with van der Waals surface area (Å²) in [6, 6.07) is 8.58. The van der Waals surface area contributed by atoms with Gasteiger partial charge in [-0.05, 0) is 71.8 Å². The molecular weight excluding hydrogens is 353 g/mol. The van der Waals surface area contributed by atoms with Crippen LogP contribution in [0, 0.1) is 5.92 Å². The minimum absolute atomic E-state index is 0.0887. The highest BCUT2D eigenvalue weighted by atomic mass is 16.7. The standard InChI is InChI=1S/C22H32BNO4/c1-19(2,3)26-18(25)24-13-16-12-22(16,14-24)15-8-10-17(11-9-15)23-27-20(4,5)21(6,7)28-23/h8-11,16H,12-14H2,1-7H3. The predicted octanol–water partition coefficient (Wildman–Crippen LogP) is 3.49. The molecule has 2 saturated heterocycles. The number of fused-ring (bicyclic) bond motifs is 1. The van der Waals surface area contributed by atoms with Gasteiger partial charge >= 0.3 is 13.2 Å². The van der Waals surface area contributed by atoms with Crippen molar-refractivity contribution in [3.8, 4) is 0 Å². The molecule has 152 valence electrons. The number of hydrogen-bond acceptors (Lipinski definition) is 4. The number of nitrogens with zero attached hydrogens (tertiary/aromatic N) is 1. The maximum absolute atomic E-state index is 12.4. The maximum atomic E-state index is 12.4. The van der Waals surface area contributed by atoms with Crippen molar-refractivity contribution in [3.05, 3.63) is 29.8 Å². The Labute approximate surface area is 168 Å². The lowest BCUT2D eigenvalue weighted by molar-refractivity contribution is 0.00578. The van der Waals surface area contributed by atoms with Crippen molar-refractivity contribution < 1.29 is 18.8 Å². The van der Waals surface area contributed by atoms with E-state index >= 15 is 0 Å². The van der Waals surface area contributed by atoms with Crippen molar-refractivity contribution in [1.82, 2.24) is 4.90 Å². The molecule has 1 saturated carbocycles. The number of ether oxygens (including phenoxy) is 1. The Morgan fingerprint density at radius 2 is 1.68 bits per heavy atom. The summed E-state index contributed by atoms with van der Waals surface area (Å²) in [6.45, 7) is 15.5. The molecule has 4 rings (SSSR count). The van der Waals surface area contributed by atoms with Crippen LogP contribution in [-0.2, 0) is 19.5 Å². The maximum Gasteiger partial charge on any atom is 0.494 e. The Bertz CT molecular complexity index is 767. The van der Waals surface area contributed by atoms with Gasteiger partial charge in [-0.2, -0.15) is 0 Å². The molecule has 2 unspecified atom stereocenters. The second-order valence-electron chi connectivity index (χ2n) is 10.6. The van der Waals surface area contributed by atoms with E-state index in [9.17, 15) is 4.79 Å². The molecule has 1 aromatic rings. The van der Waals surface area contributed by atoms with E-state index in [4.69, 9.17) is 14.0 Å². The third kappa shape index (κ3) is 3.24. The average molecular weight is 385 g/mol. The van der Waals surface area contributed by atoms with Crippen LogP contribution in [0.25, 0.3) is 0 Å². The highest BCUT2D eigenvalue weighted by Gasteiger charge is 2.62. The van der Waals surface area contributed by atoms with E-state index < -0.39 is 5.60 Å². The Kier molecular flexibility index (Phi) is 4.23. The van der Waals surface area contributed by atoms with Gasteiger partial charge in [0.1, 0.15) is 5.60 Å². The quantitative estimate of drug-likeness (QED) is 0.732. The molecule has 28 heavy (non-hydrogen) atoms. The zero-order valence-corrected chi connectivity index (χ0v) is 18.2. The summed E-state index contributed by atoms with van der Waals surface area (Å²) in [5.74, 6) is 0.530. The predicted molar refractivity (Wildman–Crippen MR) is 110 cm³/mol. The van der Waals surface area contributed by atoms with Gasteiger partial charge in [0.25, 0.3) is 0 Å². The van der Waals surface area contributed by atoms with Crippen molar-refractivity contribution in [2.75, 3.05) is 13.1 Å². The van der Waals surface area contributed by atoms with Gasteiger partial charge in [-0.15, -0.1) is 0 Å². The first-order chi connectivity index (χ1) is 12.8. The molecule has 1 aliphatic carbocycles. The monoisotopic (exact) mass is 385 g/mol. The minimum Gasteiger partial charge on any atom is -0.444 e. The molecular formula is C22H32BNO4. The van der Waals surface area contributed by atoms with E-state index in [1.54, 1.807) is 0 Å². The van der Waals surface area contributed by atoms with Crippen molar-refractivity contribution in [1.29, 1.82) is 0 Å². The fourth-order valence-electron chi connectivity index (χ4n) is 4.35. The molecule has 1 aromatic carbocycles. The Balaban J connectivity index is 1.45. The highest BCUT2D eigenvalue weighted by molar-refractivity contribution is 6.62. The largest absolute Gasteiger partial charge is 0.494 e. The summed E-state index contributed by atoms with van der Waals surface area (Å²) in [7, 11) is -0.339. The number of hydrogen-bond donors (Lipinski definition) is 0. The lowest BCUT2D eigenvalue weighted by Gasteiger charge is -2.32. The minimum atomic E-state index is -0.457. The van der Waals surface area contributed by atoms with Gasteiger partial charge in [0.2, 0.25) is 0 Å². The van der Waals surface area contributed by atoms with Crippen LogP contribution in [-0.4, -0.2) is 48.0 Å². The average Bonchev–Trinajstić information content (AvgIpc) is 3.04. The number of piperidine rings is 1. The van der Waals surface area contributed by atoms with Crippen LogP contribution in [0.15, 0.2) is 24.3 Å². The molecule has 0 radical (unpaired) electrons. The lowest BCUT2D eigenvalue weighted by Crippen LogP contribution is -2.41. The SMILES string of the molecule is CC(C)(C)OC(=O)N1CC2CC2(c2ccc(B3OC(C)(C)C(C)(C)O3)cc2)C1.